The summed E-state index contributed by atoms with van der Waals surface area (Å²) in [5.74, 6) is 0.369. The number of rotatable bonds is 3. The Morgan fingerprint density at radius 1 is 1.08 bits per heavy atom. The molecule has 8 heteroatoms. The SMILES string of the molecule is CC(C)(C)c1cc(/C=N\N=C(\N)c2nonc2N)cc(C(C)(C)C)c1O. The zero-order chi connectivity index (χ0) is 19.7. The molecule has 140 valence electrons. The highest BCUT2D eigenvalue weighted by Crippen LogP contribution is 2.39. The molecule has 0 amide bonds. The van der Waals surface area contributed by atoms with E-state index in [1.54, 1.807) is 6.21 Å². The van der Waals surface area contributed by atoms with Gasteiger partial charge in [0.25, 0.3) is 0 Å². The summed E-state index contributed by atoms with van der Waals surface area (Å²) >= 11 is 0. The average molecular weight is 358 g/mol. The highest BCUT2D eigenvalue weighted by molar-refractivity contribution is 5.99. The number of aromatic hydroxyl groups is 1. The number of aromatic nitrogens is 2. The largest absolute Gasteiger partial charge is 0.507 e. The number of nitrogens with zero attached hydrogens (tertiary/aromatic N) is 4. The van der Waals surface area contributed by atoms with E-state index in [0.717, 1.165) is 16.7 Å². The summed E-state index contributed by atoms with van der Waals surface area (Å²) < 4.78 is 4.49. The standard InChI is InChI=1S/C18H26N6O2/c1-17(2,3)11-7-10(8-12(14(11)25)18(4,5)6)9-21-22-15(19)13-16(20)24-26-23-13/h7-9,25H,1-6H3,(H2,19,22)(H2,20,24)/b21-9-. The minimum absolute atomic E-state index is 0.00543. The summed E-state index contributed by atoms with van der Waals surface area (Å²) in [6, 6.07) is 3.79. The first-order valence-electron chi connectivity index (χ1n) is 8.24. The van der Waals surface area contributed by atoms with Crippen molar-refractivity contribution < 1.29 is 9.74 Å². The lowest BCUT2D eigenvalue weighted by Crippen LogP contribution is -2.18. The fourth-order valence-electron chi connectivity index (χ4n) is 2.45. The van der Waals surface area contributed by atoms with Gasteiger partial charge < -0.3 is 16.6 Å². The fraction of sp³-hybridized carbons (Fsp3) is 0.444. The van der Waals surface area contributed by atoms with Crippen molar-refractivity contribution in [2.24, 2.45) is 15.9 Å². The van der Waals surface area contributed by atoms with Crippen LogP contribution in [0.4, 0.5) is 5.82 Å². The number of phenols is 1. The molecule has 0 aliphatic carbocycles. The smallest absolute Gasteiger partial charge is 0.199 e. The number of hydrogen-bond acceptors (Lipinski definition) is 7. The van der Waals surface area contributed by atoms with Crippen LogP contribution in [0.15, 0.2) is 27.0 Å². The molecule has 5 N–H and O–H groups in total. The molecule has 2 aromatic rings. The normalized spacial score (nSPS) is 13.5. The third kappa shape index (κ3) is 4.19. The predicted molar refractivity (Wildman–Crippen MR) is 103 cm³/mol. The molecular formula is C18H26N6O2. The molecule has 8 nitrogen and oxygen atoms in total. The van der Waals surface area contributed by atoms with Crippen molar-refractivity contribution in [2.75, 3.05) is 5.73 Å². The van der Waals surface area contributed by atoms with E-state index in [2.05, 4.69) is 25.1 Å². The first-order chi connectivity index (χ1) is 11.9. The molecule has 1 heterocycles. The zero-order valence-electron chi connectivity index (χ0n) is 16.0. The number of phenolic OH excluding ortho intramolecular Hbond substituents is 1. The number of amidine groups is 1. The molecule has 1 aromatic carbocycles. The van der Waals surface area contributed by atoms with Crippen molar-refractivity contribution in [3.8, 4) is 5.75 Å². The second kappa shape index (κ2) is 6.78. The number of nitrogen functional groups attached to an aromatic ring is 1. The number of hydrogen-bond donors (Lipinski definition) is 3. The Hall–Kier alpha value is -2.90. The van der Waals surface area contributed by atoms with Crippen molar-refractivity contribution in [2.45, 2.75) is 52.4 Å². The quantitative estimate of drug-likeness (QED) is 0.438. The third-order valence-electron chi connectivity index (χ3n) is 3.88. The highest BCUT2D eigenvalue weighted by atomic mass is 16.6. The Kier molecular flexibility index (Phi) is 5.06. The van der Waals surface area contributed by atoms with Crippen LogP contribution in [0.1, 0.15) is 63.9 Å². The van der Waals surface area contributed by atoms with E-state index in [0.29, 0.717) is 5.75 Å². The molecule has 0 fully saturated rings. The molecule has 0 radical (unpaired) electrons. The fourth-order valence-corrected chi connectivity index (χ4v) is 2.45. The van der Waals surface area contributed by atoms with Crippen LogP contribution in [0.25, 0.3) is 0 Å². The lowest BCUT2D eigenvalue weighted by Gasteiger charge is -2.27. The van der Waals surface area contributed by atoms with Crippen molar-refractivity contribution >= 4 is 17.9 Å². The van der Waals surface area contributed by atoms with Crippen LogP contribution in [0.5, 0.6) is 5.75 Å². The maximum atomic E-state index is 10.7. The lowest BCUT2D eigenvalue weighted by atomic mass is 9.78. The van der Waals surface area contributed by atoms with Crippen LogP contribution >= 0.6 is 0 Å². The highest BCUT2D eigenvalue weighted by Gasteiger charge is 2.26. The van der Waals surface area contributed by atoms with Gasteiger partial charge in [-0.15, -0.1) is 5.10 Å². The Balaban J connectivity index is 2.45. The summed E-state index contributed by atoms with van der Waals surface area (Å²) in [7, 11) is 0. The van der Waals surface area contributed by atoms with Gasteiger partial charge in [0.15, 0.2) is 17.3 Å². The van der Waals surface area contributed by atoms with Gasteiger partial charge in [-0.3, -0.25) is 0 Å². The molecule has 0 bridgehead atoms. The van der Waals surface area contributed by atoms with Gasteiger partial charge in [0.05, 0.1) is 6.21 Å². The van der Waals surface area contributed by atoms with Crippen LogP contribution in [0.2, 0.25) is 0 Å². The molecule has 0 aliphatic rings. The van der Waals surface area contributed by atoms with Gasteiger partial charge in [-0.25, -0.2) is 4.63 Å². The molecule has 0 atom stereocenters. The van der Waals surface area contributed by atoms with Crippen LogP contribution in [0.3, 0.4) is 0 Å². The van der Waals surface area contributed by atoms with E-state index < -0.39 is 0 Å². The van der Waals surface area contributed by atoms with Gasteiger partial charge in [-0.1, -0.05) is 41.5 Å². The molecule has 0 saturated heterocycles. The molecule has 0 unspecified atom stereocenters. The molecule has 2 rings (SSSR count). The van der Waals surface area contributed by atoms with Gasteiger partial charge in [-0.2, -0.15) is 5.10 Å². The summed E-state index contributed by atoms with van der Waals surface area (Å²) in [6.07, 6.45) is 1.57. The maximum absolute atomic E-state index is 10.7. The summed E-state index contributed by atoms with van der Waals surface area (Å²) in [5.41, 5.74) is 13.5. The second-order valence-electron chi connectivity index (χ2n) is 8.19. The van der Waals surface area contributed by atoms with E-state index in [1.165, 1.54) is 0 Å². The van der Waals surface area contributed by atoms with Crippen LogP contribution in [-0.2, 0) is 10.8 Å². The Morgan fingerprint density at radius 3 is 2.04 bits per heavy atom. The Labute approximate surface area is 153 Å². The van der Waals surface area contributed by atoms with Crippen LogP contribution in [-0.4, -0.2) is 27.5 Å². The summed E-state index contributed by atoms with van der Waals surface area (Å²) in [6.45, 7) is 12.3. The monoisotopic (exact) mass is 358 g/mol. The van der Waals surface area contributed by atoms with E-state index in [9.17, 15) is 5.11 Å². The van der Waals surface area contributed by atoms with Gasteiger partial charge in [0.2, 0.25) is 0 Å². The van der Waals surface area contributed by atoms with Gasteiger partial charge in [0.1, 0.15) is 5.75 Å². The molecule has 1 aromatic heterocycles. The van der Waals surface area contributed by atoms with Crippen molar-refractivity contribution in [1.29, 1.82) is 0 Å². The molecule has 26 heavy (non-hydrogen) atoms. The van der Waals surface area contributed by atoms with Crippen LogP contribution in [0, 0.1) is 0 Å². The zero-order valence-corrected chi connectivity index (χ0v) is 16.0. The molecule has 0 spiro atoms. The molecule has 0 aliphatic heterocycles. The van der Waals surface area contributed by atoms with Crippen molar-refractivity contribution in [3.63, 3.8) is 0 Å². The molecular weight excluding hydrogens is 332 g/mol. The first kappa shape index (κ1) is 19.4. The van der Waals surface area contributed by atoms with Crippen LogP contribution < -0.4 is 11.5 Å². The summed E-state index contributed by atoms with van der Waals surface area (Å²) in [5, 5.41) is 25.6. The van der Waals surface area contributed by atoms with Crippen molar-refractivity contribution in [3.05, 3.63) is 34.5 Å². The van der Waals surface area contributed by atoms with Gasteiger partial charge >= 0.3 is 0 Å². The Morgan fingerprint density at radius 2 is 1.62 bits per heavy atom. The maximum Gasteiger partial charge on any atom is 0.199 e. The third-order valence-corrected chi connectivity index (χ3v) is 3.88. The summed E-state index contributed by atoms with van der Waals surface area (Å²) in [4.78, 5) is 0. The van der Waals surface area contributed by atoms with Gasteiger partial charge in [0, 0.05) is 11.1 Å². The second-order valence-corrected chi connectivity index (χ2v) is 8.19. The Bertz CT molecular complexity index is 818. The van der Waals surface area contributed by atoms with E-state index in [4.69, 9.17) is 11.5 Å². The van der Waals surface area contributed by atoms with E-state index in [-0.39, 0.29) is 28.2 Å². The predicted octanol–water partition coefficient (Wildman–Crippen LogP) is 2.69. The number of benzene rings is 1. The van der Waals surface area contributed by atoms with E-state index >= 15 is 0 Å². The topological polar surface area (TPSA) is 136 Å². The molecule has 0 saturated carbocycles. The van der Waals surface area contributed by atoms with E-state index in [1.807, 2.05) is 53.7 Å². The number of nitrogens with two attached hydrogens (primary N) is 2. The van der Waals surface area contributed by atoms with Crippen molar-refractivity contribution in [1.82, 2.24) is 10.3 Å². The first-order valence-corrected chi connectivity index (χ1v) is 8.24. The van der Waals surface area contributed by atoms with Gasteiger partial charge in [-0.05, 0) is 38.8 Å². The average Bonchev–Trinajstić information content (AvgIpc) is 2.92. The minimum atomic E-state index is -0.225. The minimum Gasteiger partial charge on any atom is -0.507 e. The lowest BCUT2D eigenvalue weighted by molar-refractivity contribution is 0.308. The number of anilines is 1.